The lowest BCUT2D eigenvalue weighted by Gasteiger charge is -2.53. The summed E-state index contributed by atoms with van der Waals surface area (Å²) in [4.78, 5) is 76.6. The molecule has 1 amide bonds. The molecule has 7 rings (SSSR count). The number of nitrogens with zero attached hydrogens (tertiary/aromatic N) is 4. The van der Waals surface area contributed by atoms with Crippen LogP contribution >= 0.6 is 11.6 Å². The quantitative estimate of drug-likeness (QED) is 0.0877. The summed E-state index contributed by atoms with van der Waals surface area (Å²) in [6, 6.07) is 0. The Labute approximate surface area is 332 Å². The van der Waals surface area contributed by atoms with Crippen molar-refractivity contribution in [2.24, 2.45) is 22.7 Å². The number of aryl methyl sites for hydroxylation is 1. The molecule has 3 heterocycles. The summed E-state index contributed by atoms with van der Waals surface area (Å²) in [5.41, 5.74) is -2.33. The first-order valence-electron chi connectivity index (χ1n) is 19.1. The normalized spacial score (nSPS) is 20.8. The van der Waals surface area contributed by atoms with Crippen molar-refractivity contribution < 1.29 is 51.7 Å². The maximum atomic E-state index is 13.6. The number of ether oxygens (including phenoxy) is 5. The van der Waals surface area contributed by atoms with Crippen LogP contribution in [0.2, 0.25) is 5.28 Å². The molecule has 1 unspecified atom stereocenters. The molecule has 17 nitrogen and oxygen atoms in total. The number of halogens is 1. The zero-order chi connectivity index (χ0) is 40.8. The van der Waals surface area contributed by atoms with Gasteiger partial charge >= 0.3 is 29.8 Å². The van der Waals surface area contributed by atoms with Gasteiger partial charge in [0.05, 0.1) is 31.1 Å². The van der Waals surface area contributed by atoms with Gasteiger partial charge in [0.2, 0.25) is 10.9 Å². The van der Waals surface area contributed by atoms with Gasteiger partial charge in [0.1, 0.15) is 12.2 Å². The number of nitrogens with one attached hydrogen (secondary N) is 1. The van der Waals surface area contributed by atoms with Crippen molar-refractivity contribution in [3.63, 3.8) is 0 Å². The van der Waals surface area contributed by atoms with Crippen molar-refractivity contribution in [1.82, 2.24) is 19.5 Å². The van der Waals surface area contributed by atoms with Crippen molar-refractivity contribution in [3.05, 3.63) is 33.7 Å². The van der Waals surface area contributed by atoms with Crippen LogP contribution in [0.1, 0.15) is 96.0 Å². The minimum Gasteiger partial charge on any atom is -0.461 e. The monoisotopic (exact) mass is 811 g/mol. The van der Waals surface area contributed by atoms with Gasteiger partial charge < -0.3 is 37.1 Å². The Hall–Kier alpha value is -4.95. The first-order chi connectivity index (χ1) is 27.0. The maximum Gasteiger partial charge on any atom is 0.519 e. The second kappa shape index (κ2) is 15.4. The Morgan fingerprint density at radius 3 is 2.25 bits per heavy atom. The van der Waals surface area contributed by atoms with Gasteiger partial charge in [-0.25, -0.2) is 14.6 Å². The molecule has 3 aromatic heterocycles. The molecule has 0 saturated heterocycles. The van der Waals surface area contributed by atoms with E-state index in [1.807, 2.05) is 0 Å². The van der Waals surface area contributed by atoms with Gasteiger partial charge in [-0.05, 0) is 94.6 Å². The van der Waals surface area contributed by atoms with E-state index in [-0.39, 0.29) is 88.6 Å². The molecule has 1 N–H and O–H groups in total. The number of aromatic nitrogens is 4. The smallest absolute Gasteiger partial charge is 0.461 e. The number of anilines is 1. The minimum absolute atomic E-state index is 0.0553. The van der Waals surface area contributed by atoms with E-state index >= 15 is 0 Å². The first-order valence-corrected chi connectivity index (χ1v) is 19.5. The largest absolute Gasteiger partial charge is 0.519 e. The van der Waals surface area contributed by atoms with Crippen molar-refractivity contribution in [2.75, 3.05) is 19.0 Å². The SMILES string of the molecule is C#CC(COC(=O)C1CC2(CCC2)C1)(OC)[C@H](Cn1cnc2c(NC(=O)OC(C)(C)CC(=O)OCc3oc(=O)oc3C)nc(Cl)nc21)OC(=O)C1CC2(CCC2)C1. The van der Waals surface area contributed by atoms with E-state index in [4.69, 9.17) is 50.5 Å². The average molecular weight is 812 g/mol. The molecule has 4 aliphatic carbocycles. The zero-order valence-corrected chi connectivity index (χ0v) is 33.1. The number of methoxy groups -OCH3 is 1. The van der Waals surface area contributed by atoms with Crippen molar-refractivity contribution in [1.29, 1.82) is 0 Å². The molecule has 0 radical (unpaired) electrons. The maximum absolute atomic E-state index is 13.6. The van der Waals surface area contributed by atoms with Crippen molar-refractivity contribution in [3.8, 4) is 12.3 Å². The third-order valence-electron chi connectivity index (χ3n) is 12.2. The molecule has 57 heavy (non-hydrogen) atoms. The van der Waals surface area contributed by atoms with E-state index < -0.39 is 41.2 Å². The van der Waals surface area contributed by atoms with Crippen LogP contribution in [0.4, 0.5) is 10.6 Å². The van der Waals surface area contributed by atoms with Crippen LogP contribution in [-0.2, 0) is 51.2 Å². The van der Waals surface area contributed by atoms with Gasteiger partial charge in [-0.15, -0.1) is 6.42 Å². The second-order valence-corrected chi connectivity index (χ2v) is 17.0. The standard InChI is InChI=1S/C39H46ClN5O12/c1-6-39(51-5,20-53-31(47)23-13-37(14-23)9-7-10-37)26(56-32(48)24-15-38(16-24)11-8-12-38)18-45-21-41-28-29(42-33(40)44-30(28)45)43-34(49)57-36(3,4)17-27(46)52-19-25-22(2)54-35(50)55-25/h1,21,23-24,26H,7-20H2,2-5H3,(H,42,43,44,49)/t26-,39?/m0/s1. The Morgan fingerprint density at radius 1 is 1.04 bits per heavy atom. The van der Waals surface area contributed by atoms with Crippen LogP contribution < -0.4 is 11.1 Å². The number of esters is 3. The van der Waals surface area contributed by atoms with E-state index in [2.05, 4.69) is 26.2 Å². The van der Waals surface area contributed by atoms with Crippen molar-refractivity contribution in [2.45, 2.75) is 122 Å². The molecule has 4 saturated carbocycles. The molecule has 0 aliphatic heterocycles. The second-order valence-electron chi connectivity index (χ2n) is 16.6. The summed E-state index contributed by atoms with van der Waals surface area (Å²) in [6.45, 7) is 3.62. The van der Waals surface area contributed by atoms with E-state index in [1.54, 1.807) is 0 Å². The summed E-state index contributed by atoms with van der Waals surface area (Å²) >= 11 is 6.33. The van der Waals surface area contributed by atoms with Crippen LogP contribution in [0, 0.1) is 41.9 Å². The molecule has 0 aromatic carbocycles. The third-order valence-corrected chi connectivity index (χ3v) is 12.4. The van der Waals surface area contributed by atoms with Gasteiger partial charge in [-0.2, -0.15) is 9.97 Å². The van der Waals surface area contributed by atoms with E-state index in [1.165, 1.54) is 45.2 Å². The van der Waals surface area contributed by atoms with E-state index in [0.717, 1.165) is 57.8 Å². The minimum atomic E-state index is -1.68. The highest BCUT2D eigenvalue weighted by Gasteiger charge is 2.54. The van der Waals surface area contributed by atoms with Gasteiger partial charge in [-0.3, -0.25) is 19.7 Å². The number of fused-ring (bicyclic) bond motifs is 1. The lowest BCUT2D eigenvalue weighted by atomic mass is 9.52. The number of carbonyl (C=O) groups excluding carboxylic acids is 4. The lowest BCUT2D eigenvalue weighted by molar-refractivity contribution is -0.189. The van der Waals surface area contributed by atoms with Gasteiger partial charge in [0.25, 0.3) is 0 Å². The van der Waals surface area contributed by atoms with Crippen molar-refractivity contribution >= 4 is 52.6 Å². The lowest BCUT2D eigenvalue weighted by Crippen LogP contribution is -2.54. The van der Waals surface area contributed by atoms with Crippen LogP contribution in [0.15, 0.2) is 20.0 Å². The zero-order valence-electron chi connectivity index (χ0n) is 32.4. The molecule has 4 aliphatic rings. The molecule has 3 aromatic rings. The van der Waals surface area contributed by atoms with Crippen LogP contribution in [-0.4, -0.2) is 74.5 Å². The summed E-state index contributed by atoms with van der Waals surface area (Å²) < 4.78 is 39.6. The fraction of sp³-hybridized carbons (Fsp3) is 0.641. The van der Waals surface area contributed by atoms with Crippen LogP contribution in [0.3, 0.4) is 0 Å². The Balaban J connectivity index is 1.05. The summed E-state index contributed by atoms with van der Waals surface area (Å²) in [5, 5.41) is 2.25. The fourth-order valence-corrected chi connectivity index (χ4v) is 8.71. The van der Waals surface area contributed by atoms with Gasteiger partial charge in [0.15, 0.2) is 41.2 Å². The van der Waals surface area contributed by atoms with Crippen LogP contribution in [0.5, 0.6) is 0 Å². The number of hydrogen-bond donors (Lipinski definition) is 1. The fourth-order valence-electron chi connectivity index (χ4n) is 8.54. The number of hydrogen-bond acceptors (Lipinski definition) is 15. The molecule has 4 fully saturated rings. The number of rotatable bonds is 15. The average Bonchev–Trinajstić information content (AvgIpc) is 3.61. The molecule has 2 spiro atoms. The molecular weight excluding hydrogens is 766 g/mol. The predicted molar refractivity (Wildman–Crippen MR) is 198 cm³/mol. The van der Waals surface area contributed by atoms with Gasteiger partial charge in [-0.1, -0.05) is 18.8 Å². The predicted octanol–water partition coefficient (Wildman–Crippen LogP) is 5.43. The topological polar surface area (TPSA) is 213 Å². The molecule has 0 bridgehead atoms. The Bertz CT molecular complexity index is 2140. The highest BCUT2D eigenvalue weighted by molar-refractivity contribution is 6.28. The molecular formula is C39H46ClN5O12. The number of carbonyl (C=O) groups is 4. The first kappa shape index (κ1) is 40.3. The summed E-state index contributed by atoms with van der Waals surface area (Å²) in [6.07, 6.45) is 14.8. The van der Waals surface area contributed by atoms with Crippen LogP contribution in [0.25, 0.3) is 11.2 Å². The summed E-state index contributed by atoms with van der Waals surface area (Å²) in [5.74, 6) is -0.238. The van der Waals surface area contributed by atoms with E-state index in [0.29, 0.717) is 0 Å². The molecule has 306 valence electrons. The number of imidazole rings is 1. The van der Waals surface area contributed by atoms with Gasteiger partial charge in [0, 0.05) is 7.11 Å². The molecule has 18 heteroatoms. The van der Waals surface area contributed by atoms with E-state index in [9.17, 15) is 24.0 Å². The number of amides is 1. The highest BCUT2D eigenvalue weighted by atomic mass is 35.5. The molecule has 2 atom stereocenters. The third kappa shape index (κ3) is 8.38. The number of terminal acetylenes is 1. The summed E-state index contributed by atoms with van der Waals surface area (Å²) in [7, 11) is 1.37. The Morgan fingerprint density at radius 2 is 1.68 bits per heavy atom. The highest BCUT2D eigenvalue weighted by Crippen LogP contribution is 2.60. The Kier molecular flexibility index (Phi) is 10.9.